The van der Waals surface area contributed by atoms with Gasteiger partial charge in [0.15, 0.2) is 23.0 Å². The van der Waals surface area contributed by atoms with Gasteiger partial charge in [-0.3, -0.25) is 4.79 Å². The summed E-state index contributed by atoms with van der Waals surface area (Å²) in [6.07, 6.45) is 1.37. The lowest BCUT2D eigenvalue weighted by molar-refractivity contribution is 0.0663. The minimum atomic E-state index is -0.181. The Morgan fingerprint density at radius 1 is 0.919 bits per heavy atom. The van der Waals surface area contributed by atoms with Crippen molar-refractivity contribution < 1.29 is 23.7 Å². The Morgan fingerprint density at radius 2 is 1.54 bits per heavy atom. The van der Waals surface area contributed by atoms with E-state index in [1.165, 1.54) is 16.9 Å². The van der Waals surface area contributed by atoms with Crippen LogP contribution in [0.25, 0.3) is 0 Å². The summed E-state index contributed by atoms with van der Waals surface area (Å²) in [7, 11) is 0. The lowest BCUT2D eigenvalue weighted by Gasteiger charge is -2.38. The molecule has 0 saturated carbocycles. The van der Waals surface area contributed by atoms with Gasteiger partial charge in [0.2, 0.25) is 0 Å². The van der Waals surface area contributed by atoms with Crippen molar-refractivity contribution in [2.24, 2.45) is 0 Å². The number of hydrogen-bond acceptors (Lipinski definition) is 7. The molecule has 0 radical (unpaired) electrons. The predicted molar refractivity (Wildman–Crippen MR) is 146 cm³/mol. The zero-order valence-electron chi connectivity index (χ0n) is 22.3. The molecule has 0 spiro atoms. The van der Waals surface area contributed by atoms with Crippen LogP contribution in [0.15, 0.2) is 35.8 Å². The summed E-state index contributed by atoms with van der Waals surface area (Å²) in [6, 6.07) is 10.0. The second-order valence-corrected chi connectivity index (χ2v) is 9.60. The van der Waals surface area contributed by atoms with Crippen molar-refractivity contribution in [3.8, 4) is 23.0 Å². The van der Waals surface area contributed by atoms with Crippen molar-refractivity contribution in [3.05, 3.63) is 63.1 Å². The van der Waals surface area contributed by atoms with Crippen LogP contribution < -0.4 is 18.9 Å². The molecule has 0 N–H and O–H groups in total. The van der Waals surface area contributed by atoms with E-state index in [0.29, 0.717) is 50.0 Å². The van der Waals surface area contributed by atoms with Crippen LogP contribution in [0, 0.1) is 6.92 Å². The molecule has 2 aromatic carbocycles. The summed E-state index contributed by atoms with van der Waals surface area (Å²) in [5.41, 5.74) is 5.83. The zero-order valence-corrected chi connectivity index (χ0v) is 23.2. The first-order valence-corrected chi connectivity index (χ1v) is 13.9. The monoisotopic (exact) mass is 524 g/mol. The van der Waals surface area contributed by atoms with E-state index in [-0.39, 0.29) is 11.9 Å². The first kappa shape index (κ1) is 26.8. The molecule has 0 fully saturated rings. The number of amides is 1. The fraction of sp³-hybridized carbons (Fsp3) is 0.448. The van der Waals surface area contributed by atoms with Gasteiger partial charge in [0.25, 0.3) is 5.91 Å². The second-order valence-electron chi connectivity index (χ2n) is 8.75. The fourth-order valence-electron chi connectivity index (χ4n) is 4.79. The van der Waals surface area contributed by atoms with Gasteiger partial charge in [-0.15, -0.1) is 11.3 Å². The molecule has 0 saturated heterocycles. The molecule has 1 unspecified atom stereocenters. The smallest absolute Gasteiger partial charge is 0.266 e. The van der Waals surface area contributed by atoms with Crippen LogP contribution in [0.1, 0.15) is 65.8 Å². The van der Waals surface area contributed by atoms with Gasteiger partial charge in [-0.1, -0.05) is 6.07 Å². The molecule has 198 valence electrons. The zero-order chi connectivity index (χ0) is 26.4. The summed E-state index contributed by atoms with van der Waals surface area (Å²) in [4.78, 5) is 20.8. The molecule has 2 heterocycles. The summed E-state index contributed by atoms with van der Waals surface area (Å²) in [5.74, 6) is 2.91. The molecule has 1 aromatic heterocycles. The van der Waals surface area contributed by atoms with Gasteiger partial charge in [-0.2, -0.15) is 0 Å². The summed E-state index contributed by atoms with van der Waals surface area (Å²) >= 11 is 1.39. The van der Waals surface area contributed by atoms with E-state index in [2.05, 4.69) is 23.2 Å². The number of hydrogen-bond donors (Lipinski definition) is 0. The topological polar surface area (TPSA) is 70.1 Å². The number of carbonyl (C=O) groups is 1. The number of ether oxygens (including phenoxy) is 4. The van der Waals surface area contributed by atoms with Crippen molar-refractivity contribution in [1.29, 1.82) is 0 Å². The summed E-state index contributed by atoms with van der Waals surface area (Å²) in [5, 5.41) is 0. The molecule has 3 aromatic rings. The minimum absolute atomic E-state index is 0.0125. The van der Waals surface area contributed by atoms with Gasteiger partial charge in [-0.05, 0) is 88.4 Å². The molecule has 1 amide bonds. The Labute approximate surface area is 223 Å². The van der Waals surface area contributed by atoms with E-state index in [9.17, 15) is 4.79 Å². The highest BCUT2D eigenvalue weighted by molar-refractivity contribution is 7.11. The van der Waals surface area contributed by atoms with Crippen LogP contribution in [-0.4, -0.2) is 48.8 Å². The maximum atomic E-state index is 13.8. The van der Waals surface area contributed by atoms with Crippen LogP contribution in [0.2, 0.25) is 0 Å². The van der Waals surface area contributed by atoms with E-state index in [4.69, 9.17) is 18.9 Å². The average Bonchev–Trinajstić information content (AvgIpc) is 3.32. The van der Waals surface area contributed by atoms with Crippen LogP contribution in [0.5, 0.6) is 23.0 Å². The van der Waals surface area contributed by atoms with Gasteiger partial charge in [-0.25, -0.2) is 4.98 Å². The van der Waals surface area contributed by atoms with Crippen LogP contribution in [0.3, 0.4) is 0 Å². The van der Waals surface area contributed by atoms with E-state index >= 15 is 0 Å². The van der Waals surface area contributed by atoms with Crippen molar-refractivity contribution >= 4 is 17.2 Å². The Morgan fingerprint density at radius 3 is 2.16 bits per heavy atom. The number of rotatable bonds is 11. The standard InChI is InChI=1S/C29H36N2O5S/c1-6-33-24-11-10-20(15-25(24)34-7-2)14-23-22-17-27(36-9-4)26(35-8-3)16-21(22)12-13-31(23)29(32)28-19(5)30-18-37-28/h10-11,15-18,23H,6-9,12-14H2,1-5H3. The molecular formula is C29H36N2O5S. The van der Waals surface area contributed by atoms with E-state index in [1.807, 2.05) is 51.7 Å². The van der Waals surface area contributed by atoms with Gasteiger partial charge in [0.1, 0.15) is 4.88 Å². The number of thiazole rings is 1. The van der Waals surface area contributed by atoms with Crippen LogP contribution >= 0.6 is 11.3 Å². The van der Waals surface area contributed by atoms with E-state index < -0.39 is 0 Å². The van der Waals surface area contributed by atoms with Gasteiger partial charge >= 0.3 is 0 Å². The third-order valence-corrected chi connectivity index (χ3v) is 7.32. The highest BCUT2D eigenvalue weighted by Gasteiger charge is 2.34. The number of nitrogens with zero attached hydrogens (tertiary/aromatic N) is 2. The van der Waals surface area contributed by atoms with Crippen LogP contribution in [0.4, 0.5) is 0 Å². The molecule has 1 atom stereocenters. The lowest BCUT2D eigenvalue weighted by Crippen LogP contribution is -2.41. The van der Waals surface area contributed by atoms with E-state index in [1.54, 1.807) is 5.51 Å². The Hall–Kier alpha value is -3.26. The molecule has 0 bridgehead atoms. The largest absolute Gasteiger partial charge is 0.490 e. The van der Waals surface area contributed by atoms with Crippen molar-refractivity contribution in [2.45, 2.75) is 53.5 Å². The highest BCUT2D eigenvalue weighted by atomic mass is 32.1. The molecule has 1 aliphatic rings. The SMILES string of the molecule is CCOc1ccc(CC2c3cc(OCC)c(OCC)cc3CCN2C(=O)c2scnc2C)cc1OCC. The molecule has 4 rings (SSSR count). The average molecular weight is 525 g/mol. The number of aryl methyl sites for hydroxylation is 1. The highest BCUT2D eigenvalue weighted by Crippen LogP contribution is 2.41. The summed E-state index contributed by atoms with van der Waals surface area (Å²) in [6.45, 7) is 12.6. The van der Waals surface area contributed by atoms with Crippen molar-refractivity contribution in [2.75, 3.05) is 33.0 Å². The third-order valence-electron chi connectivity index (χ3n) is 6.40. The fourth-order valence-corrected chi connectivity index (χ4v) is 5.55. The maximum Gasteiger partial charge on any atom is 0.266 e. The second kappa shape index (κ2) is 12.3. The minimum Gasteiger partial charge on any atom is -0.490 e. The van der Waals surface area contributed by atoms with E-state index in [0.717, 1.165) is 40.5 Å². The summed E-state index contributed by atoms with van der Waals surface area (Å²) < 4.78 is 23.5. The Bertz CT molecular complexity index is 1230. The Balaban J connectivity index is 1.78. The third kappa shape index (κ3) is 5.85. The Kier molecular flexibility index (Phi) is 8.92. The number of fused-ring (bicyclic) bond motifs is 1. The predicted octanol–water partition coefficient (Wildman–Crippen LogP) is 6.03. The molecule has 0 aliphatic carbocycles. The van der Waals surface area contributed by atoms with Crippen molar-refractivity contribution in [3.63, 3.8) is 0 Å². The molecule has 1 aliphatic heterocycles. The molecule has 7 nitrogen and oxygen atoms in total. The van der Waals surface area contributed by atoms with Crippen molar-refractivity contribution in [1.82, 2.24) is 9.88 Å². The van der Waals surface area contributed by atoms with Gasteiger partial charge in [0, 0.05) is 6.54 Å². The number of aromatic nitrogens is 1. The first-order valence-electron chi connectivity index (χ1n) is 13.0. The van der Waals surface area contributed by atoms with Gasteiger partial charge in [0.05, 0.1) is 43.7 Å². The number of carbonyl (C=O) groups excluding carboxylic acids is 1. The quantitative estimate of drug-likeness (QED) is 0.305. The molecular weight excluding hydrogens is 488 g/mol. The normalized spacial score (nSPS) is 14.7. The van der Waals surface area contributed by atoms with Gasteiger partial charge < -0.3 is 23.8 Å². The molecule has 37 heavy (non-hydrogen) atoms. The first-order chi connectivity index (χ1) is 18.0. The molecule has 8 heteroatoms. The lowest BCUT2D eigenvalue weighted by atomic mass is 9.87. The number of benzene rings is 2. The maximum absolute atomic E-state index is 13.8. The van der Waals surface area contributed by atoms with Crippen LogP contribution in [-0.2, 0) is 12.8 Å².